The third-order valence-corrected chi connectivity index (χ3v) is 5.47. The Kier molecular flexibility index (Phi) is 5.09. The first-order valence-electron chi connectivity index (χ1n) is 5.27. The summed E-state index contributed by atoms with van der Waals surface area (Å²) < 4.78 is 39.4. The van der Waals surface area contributed by atoms with Gasteiger partial charge in [0.05, 0.1) is 16.6 Å². The summed E-state index contributed by atoms with van der Waals surface area (Å²) in [7, 11) is -4.83. The normalized spacial score (nSPS) is 13.4. The van der Waals surface area contributed by atoms with E-state index in [1.807, 2.05) is 0 Å². The fourth-order valence-electron chi connectivity index (χ4n) is 1.27. The van der Waals surface area contributed by atoms with Crippen molar-refractivity contribution in [1.82, 2.24) is 0 Å². The highest BCUT2D eigenvalue weighted by Gasteiger charge is 2.17. The molecule has 1 rings (SSSR count). The molecule has 0 bridgehead atoms. The lowest BCUT2D eigenvalue weighted by Gasteiger charge is -2.01. The van der Waals surface area contributed by atoms with Crippen molar-refractivity contribution in [3.8, 4) is 0 Å². The van der Waals surface area contributed by atoms with Gasteiger partial charge in [-0.1, -0.05) is 6.92 Å². The Balaban J connectivity index is 2.63. The predicted octanol–water partition coefficient (Wildman–Crippen LogP) is 0.910. The van der Waals surface area contributed by atoms with Gasteiger partial charge >= 0.3 is 5.97 Å². The molecule has 1 aromatic heterocycles. The molecule has 0 aliphatic heterocycles. The van der Waals surface area contributed by atoms with Crippen LogP contribution in [0.1, 0.15) is 23.9 Å². The molecule has 1 unspecified atom stereocenters. The van der Waals surface area contributed by atoms with Crippen LogP contribution in [0.5, 0.6) is 0 Å². The molecule has 0 radical (unpaired) electrons. The molecular weight excluding hydrogens is 280 g/mol. The Hall–Kier alpha value is -1.15. The van der Waals surface area contributed by atoms with Gasteiger partial charge in [-0.05, 0) is 18.6 Å². The van der Waals surface area contributed by atoms with E-state index in [1.54, 1.807) is 6.92 Å². The average Bonchev–Trinajstić information content (AvgIpc) is 2.75. The van der Waals surface area contributed by atoms with Crippen molar-refractivity contribution in [3.63, 3.8) is 0 Å². The number of carbonyl (C=O) groups is 1. The van der Waals surface area contributed by atoms with Gasteiger partial charge in [0.1, 0.15) is 0 Å². The summed E-state index contributed by atoms with van der Waals surface area (Å²) in [5, 5.41) is 8.61. The molecule has 1 heterocycles. The zero-order valence-electron chi connectivity index (χ0n) is 9.79. The first-order chi connectivity index (χ1) is 8.35. The van der Waals surface area contributed by atoms with E-state index in [0.29, 0.717) is 6.42 Å². The van der Waals surface area contributed by atoms with Gasteiger partial charge in [0.15, 0.2) is 14.9 Å². The number of sulfone groups is 1. The smallest absolute Gasteiger partial charge is 0.371 e. The lowest BCUT2D eigenvalue weighted by Crippen LogP contribution is -2.16. The van der Waals surface area contributed by atoms with Crippen LogP contribution in [-0.4, -0.2) is 41.0 Å². The molecule has 102 valence electrons. The van der Waals surface area contributed by atoms with Crippen molar-refractivity contribution in [2.75, 3.05) is 17.3 Å². The monoisotopic (exact) mass is 294 g/mol. The Morgan fingerprint density at radius 3 is 2.56 bits per heavy atom. The van der Waals surface area contributed by atoms with E-state index < -0.39 is 26.6 Å². The van der Waals surface area contributed by atoms with E-state index in [1.165, 1.54) is 12.1 Å². The van der Waals surface area contributed by atoms with Gasteiger partial charge in [-0.15, -0.1) is 0 Å². The molecule has 0 amide bonds. The van der Waals surface area contributed by atoms with Crippen LogP contribution in [0, 0.1) is 0 Å². The molecule has 8 heteroatoms. The number of hydrogen-bond donors (Lipinski definition) is 1. The fourth-order valence-corrected chi connectivity index (χ4v) is 4.32. The van der Waals surface area contributed by atoms with E-state index in [0.717, 1.165) is 0 Å². The molecule has 0 spiro atoms. The van der Waals surface area contributed by atoms with Crippen molar-refractivity contribution in [2.24, 2.45) is 0 Å². The summed E-state index contributed by atoms with van der Waals surface area (Å²) in [6.45, 7) is 1.75. The zero-order valence-corrected chi connectivity index (χ0v) is 11.4. The maximum atomic E-state index is 11.7. The minimum atomic E-state index is -3.20. The summed E-state index contributed by atoms with van der Waals surface area (Å²) in [6, 6.07) is 2.47. The Morgan fingerprint density at radius 1 is 1.39 bits per heavy atom. The molecule has 1 aromatic rings. The van der Waals surface area contributed by atoms with Gasteiger partial charge in [-0.2, -0.15) is 0 Å². The molecule has 0 aliphatic carbocycles. The minimum Gasteiger partial charge on any atom is -0.475 e. The van der Waals surface area contributed by atoms with Crippen LogP contribution in [0.3, 0.4) is 0 Å². The largest absolute Gasteiger partial charge is 0.475 e. The van der Waals surface area contributed by atoms with Gasteiger partial charge in [-0.3, -0.25) is 4.21 Å². The lowest BCUT2D eigenvalue weighted by molar-refractivity contribution is 0.0656. The first kappa shape index (κ1) is 14.9. The van der Waals surface area contributed by atoms with Crippen molar-refractivity contribution in [1.29, 1.82) is 0 Å². The quantitative estimate of drug-likeness (QED) is 0.802. The van der Waals surface area contributed by atoms with Crippen molar-refractivity contribution < 1.29 is 26.9 Å². The third-order valence-electron chi connectivity index (χ3n) is 2.11. The standard InChI is InChI=1S/C10H14O6S2/c1-2-6-18(14,15)7-5-17(13)9-4-3-8(16-9)10(11)12/h3-4H,2,5-7H2,1H3,(H,11,12). The Labute approximate surface area is 107 Å². The minimum absolute atomic E-state index is 0.0147. The van der Waals surface area contributed by atoms with Crippen molar-refractivity contribution in [3.05, 3.63) is 17.9 Å². The van der Waals surface area contributed by atoms with E-state index >= 15 is 0 Å². The second-order valence-corrected chi connectivity index (χ2v) is 7.43. The molecule has 0 saturated carbocycles. The number of furan rings is 1. The molecule has 0 aliphatic rings. The summed E-state index contributed by atoms with van der Waals surface area (Å²) in [5.41, 5.74) is 0. The van der Waals surface area contributed by atoms with Crippen LogP contribution in [-0.2, 0) is 20.6 Å². The number of rotatable bonds is 7. The molecule has 18 heavy (non-hydrogen) atoms. The number of carboxylic acids is 1. The summed E-state index contributed by atoms with van der Waals surface area (Å²) in [4.78, 5) is 10.6. The highest BCUT2D eigenvalue weighted by atomic mass is 32.2. The summed E-state index contributed by atoms with van der Waals surface area (Å²) in [6.07, 6.45) is 0.513. The van der Waals surface area contributed by atoms with Gasteiger partial charge in [0, 0.05) is 11.5 Å². The summed E-state index contributed by atoms with van der Waals surface area (Å²) in [5.74, 6) is -1.79. The predicted molar refractivity (Wildman–Crippen MR) is 65.9 cm³/mol. The topological polar surface area (TPSA) is 102 Å². The lowest BCUT2D eigenvalue weighted by atomic mass is 10.5. The van der Waals surface area contributed by atoms with E-state index in [-0.39, 0.29) is 28.1 Å². The van der Waals surface area contributed by atoms with Crippen LogP contribution in [0.2, 0.25) is 0 Å². The van der Waals surface area contributed by atoms with Crippen LogP contribution in [0.25, 0.3) is 0 Å². The average molecular weight is 294 g/mol. The molecule has 1 N–H and O–H groups in total. The molecule has 0 aromatic carbocycles. The van der Waals surface area contributed by atoms with Crippen LogP contribution in [0.15, 0.2) is 21.6 Å². The number of aromatic carboxylic acids is 1. The zero-order chi connectivity index (χ0) is 13.8. The van der Waals surface area contributed by atoms with Crippen molar-refractivity contribution >= 4 is 26.6 Å². The summed E-state index contributed by atoms with van der Waals surface area (Å²) >= 11 is 0. The highest BCUT2D eigenvalue weighted by Crippen LogP contribution is 2.13. The van der Waals surface area contributed by atoms with Crippen LogP contribution >= 0.6 is 0 Å². The first-order valence-corrected chi connectivity index (χ1v) is 8.41. The Bertz CT molecular complexity index is 542. The van der Waals surface area contributed by atoms with Crippen LogP contribution < -0.4 is 0 Å². The third kappa shape index (κ3) is 4.26. The van der Waals surface area contributed by atoms with E-state index in [2.05, 4.69) is 0 Å². The number of hydrogen-bond acceptors (Lipinski definition) is 5. The molecule has 0 saturated heterocycles. The maximum Gasteiger partial charge on any atom is 0.371 e. The van der Waals surface area contributed by atoms with E-state index in [9.17, 15) is 17.4 Å². The van der Waals surface area contributed by atoms with Gasteiger partial charge in [0.25, 0.3) is 0 Å². The molecular formula is C10H14O6S2. The molecule has 6 nitrogen and oxygen atoms in total. The van der Waals surface area contributed by atoms with Crippen molar-refractivity contribution in [2.45, 2.75) is 18.4 Å². The fraction of sp³-hybridized carbons (Fsp3) is 0.500. The van der Waals surface area contributed by atoms with Gasteiger partial charge < -0.3 is 9.52 Å². The molecule has 0 fully saturated rings. The second kappa shape index (κ2) is 6.14. The van der Waals surface area contributed by atoms with Gasteiger partial charge in [-0.25, -0.2) is 13.2 Å². The Morgan fingerprint density at radius 2 is 2.06 bits per heavy atom. The highest BCUT2D eigenvalue weighted by molar-refractivity contribution is 7.93. The number of carboxylic acid groups (broad SMARTS) is 1. The van der Waals surface area contributed by atoms with Gasteiger partial charge in [0.2, 0.25) is 5.76 Å². The van der Waals surface area contributed by atoms with E-state index in [4.69, 9.17) is 9.52 Å². The SMILES string of the molecule is CCCS(=O)(=O)CCS(=O)c1ccc(C(=O)O)o1. The second-order valence-electron chi connectivity index (χ2n) is 3.63. The van der Waals surface area contributed by atoms with Crippen LogP contribution in [0.4, 0.5) is 0 Å². The molecule has 1 atom stereocenters. The maximum absolute atomic E-state index is 11.7.